The molecule has 0 atom stereocenters. The first-order chi connectivity index (χ1) is 4.31. The van der Waals surface area contributed by atoms with Crippen molar-refractivity contribution in [3.05, 3.63) is 4.85 Å². The van der Waals surface area contributed by atoms with Gasteiger partial charge in [-0.3, -0.25) is 0 Å². The monoisotopic (exact) mass is 128 g/mol. The van der Waals surface area contributed by atoms with Crippen LogP contribution in [0.5, 0.6) is 0 Å². The van der Waals surface area contributed by atoms with E-state index in [-0.39, 0.29) is 12.5 Å². The summed E-state index contributed by atoms with van der Waals surface area (Å²) in [7, 11) is 0. The van der Waals surface area contributed by atoms with E-state index in [9.17, 15) is 4.79 Å². The Morgan fingerprint density at radius 1 is 1.78 bits per heavy atom. The van der Waals surface area contributed by atoms with Crippen molar-refractivity contribution in [2.45, 2.75) is 13.8 Å². The molecule has 0 aromatic carbocycles. The minimum atomic E-state index is -0.299. The molecular formula is C6H10NO2+. The summed E-state index contributed by atoms with van der Waals surface area (Å²) in [4.78, 5) is 14.0. The van der Waals surface area contributed by atoms with E-state index in [4.69, 9.17) is 0 Å². The maximum absolute atomic E-state index is 10.4. The van der Waals surface area contributed by atoms with Gasteiger partial charge < -0.3 is 4.74 Å². The molecule has 0 aromatic rings. The van der Waals surface area contributed by atoms with Gasteiger partial charge in [0, 0.05) is 0 Å². The molecule has 0 N–H and O–H groups in total. The van der Waals surface area contributed by atoms with E-state index in [2.05, 4.69) is 15.7 Å². The van der Waals surface area contributed by atoms with Gasteiger partial charge in [0.1, 0.15) is 0 Å². The quantitative estimate of drug-likeness (QED) is 0.517. The van der Waals surface area contributed by atoms with E-state index in [0.717, 1.165) is 0 Å². The highest BCUT2D eigenvalue weighted by atomic mass is 16.5. The Bertz CT molecular complexity index is 143. The highest BCUT2D eigenvalue weighted by Crippen LogP contribution is 1.77. The van der Waals surface area contributed by atoms with Crippen LogP contribution in [0.1, 0.15) is 13.8 Å². The fourth-order valence-electron chi connectivity index (χ4n) is 0.350. The van der Waals surface area contributed by atoms with Crippen molar-refractivity contribution >= 4 is 5.97 Å². The zero-order valence-electron chi connectivity index (χ0n) is 5.68. The second-order valence-corrected chi connectivity index (χ2v) is 1.34. The molecule has 0 aliphatic carbocycles. The van der Waals surface area contributed by atoms with Gasteiger partial charge in [0.2, 0.25) is 0 Å². The summed E-state index contributed by atoms with van der Waals surface area (Å²) >= 11 is 0. The van der Waals surface area contributed by atoms with Gasteiger partial charge in [-0.25, -0.2) is 4.79 Å². The summed E-state index contributed by atoms with van der Waals surface area (Å²) < 4.78 is 4.57. The number of hydrogen-bond acceptors (Lipinski definition) is 2. The molecule has 0 saturated heterocycles. The van der Waals surface area contributed by atoms with Gasteiger partial charge >= 0.3 is 12.5 Å². The molecule has 0 spiro atoms. The average molecular weight is 128 g/mol. The smallest absolute Gasteiger partial charge is 0.391 e. The zero-order chi connectivity index (χ0) is 7.11. The highest BCUT2D eigenvalue weighted by molar-refractivity contribution is 5.73. The fourth-order valence-corrected chi connectivity index (χ4v) is 0.350. The molecule has 0 bridgehead atoms. The maximum Gasteiger partial charge on any atom is 0.391 e. The Balaban J connectivity index is 3.35. The summed E-state index contributed by atoms with van der Waals surface area (Å²) in [6.45, 7) is 3.90. The van der Waals surface area contributed by atoms with Crippen LogP contribution in [0.25, 0.3) is 4.85 Å². The molecule has 0 aliphatic heterocycles. The van der Waals surface area contributed by atoms with Gasteiger partial charge in [-0.15, -0.1) is 0 Å². The van der Waals surface area contributed by atoms with E-state index in [1.54, 1.807) is 13.8 Å². The van der Waals surface area contributed by atoms with Crippen molar-refractivity contribution in [3.8, 4) is 6.07 Å². The summed E-state index contributed by atoms with van der Waals surface area (Å²) in [6, 6.07) is 2.48. The summed E-state index contributed by atoms with van der Waals surface area (Å²) in [5.41, 5.74) is 0. The van der Waals surface area contributed by atoms with E-state index >= 15 is 0 Å². The van der Waals surface area contributed by atoms with Crippen LogP contribution < -0.4 is 0 Å². The third-order valence-electron chi connectivity index (χ3n) is 0.672. The predicted octanol–water partition coefficient (Wildman–Crippen LogP) is 0.902. The lowest BCUT2D eigenvalue weighted by molar-refractivity contribution is -0.140. The lowest BCUT2D eigenvalue weighted by Crippen LogP contribution is -2.05. The van der Waals surface area contributed by atoms with Crippen molar-refractivity contribution in [2.75, 3.05) is 13.2 Å². The normalized spacial score (nSPS) is 7.33. The molecule has 0 aromatic heterocycles. The summed E-state index contributed by atoms with van der Waals surface area (Å²) in [5, 5.41) is 0. The van der Waals surface area contributed by atoms with Gasteiger partial charge in [0.15, 0.2) is 0 Å². The van der Waals surface area contributed by atoms with Gasteiger partial charge in [-0.1, -0.05) is 4.85 Å². The van der Waals surface area contributed by atoms with Crippen LogP contribution in [0, 0.1) is 6.07 Å². The van der Waals surface area contributed by atoms with Crippen LogP contribution in [0.3, 0.4) is 0 Å². The van der Waals surface area contributed by atoms with E-state index in [0.29, 0.717) is 6.61 Å². The number of carbonyl (C=O) groups excluding carboxylic acids is 1. The van der Waals surface area contributed by atoms with Crippen LogP contribution in [0.2, 0.25) is 0 Å². The lowest BCUT2D eigenvalue weighted by atomic mass is 10.7. The van der Waals surface area contributed by atoms with E-state index < -0.39 is 0 Å². The van der Waals surface area contributed by atoms with Gasteiger partial charge in [0.05, 0.1) is 13.5 Å². The standard InChI is InChI=1S/C6H10NO2/c1-3-7-5-6(8)9-4-2/h4-5H2,1-2H3/q+1. The van der Waals surface area contributed by atoms with Crippen LogP contribution >= 0.6 is 0 Å². The molecular weight excluding hydrogens is 118 g/mol. The molecule has 0 unspecified atom stereocenters. The average Bonchev–Trinajstić information content (AvgIpc) is 1.85. The van der Waals surface area contributed by atoms with Crippen molar-refractivity contribution < 1.29 is 9.53 Å². The molecule has 9 heavy (non-hydrogen) atoms. The minimum Gasteiger partial charge on any atom is -0.460 e. The molecule has 0 amide bonds. The maximum atomic E-state index is 10.4. The predicted molar refractivity (Wildman–Crippen MR) is 34.4 cm³/mol. The number of ether oxygens (including phenoxy) is 1. The van der Waals surface area contributed by atoms with Crippen LogP contribution in [0.4, 0.5) is 0 Å². The van der Waals surface area contributed by atoms with Gasteiger partial charge in [0.25, 0.3) is 6.07 Å². The number of hydrogen-bond donors (Lipinski definition) is 0. The zero-order valence-corrected chi connectivity index (χ0v) is 5.68. The molecule has 50 valence electrons. The number of rotatable bonds is 2. The van der Waals surface area contributed by atoms with Crippen LogP contribution in [0.15, 0.2) is 0 Å². The Morgan fingerprint density at radius 2 is 2.44 bits per heavy atom. The first-order valence-corrected chi connectivity index (χ1v) is 2.80. The van der Waals surface area contributed by atoms with E-state index in [1.807, 2.05) is 0 Å². The van der Waals surface area contributed by atoms with Crippen molar-refractivity contribution in [2.24, 2.45) is 0 Å². The molecule has 3 heteroatoms. The minimum absolute atomic E-state index is 0.0876. The molecule has 0 radical (unpaired) electrons. The van der Waals surface area contributed by atoms with Crippen molar-refractivity contribution in [1.29, 1.82) is 0 Å². The van der Waals surface area contributed by atoms with Gasteiger partial charge in [-0.2, -0.15) is 0 Å². The molecule has 0 rings (SSSR count). The van der Waals surface area contributed by atoms with E-state index in [1.165, 1.54) is 0 Å². The fraction of sp³-hybridized carbons (Fsp3) is 0.667. The molecule has 0 fully saturated rings. The molecule has 0 saturated carbocycles. The Labute approximate surface area is 54.4 Å². The molecule has 0 aliphatic rings. The molecule has 3 nitrogen and oxygen atoms in total. The highest BCUT2D eigenvalue weighted by Gasteiger charge is 2.04. The Kier molecular flexibility index (Phi) is 4.51. The summed E-state index contributed by atoms with van der Waals surface area (Å²) in [5.74, 6) is -0.299. The lowest BCUT2D eigenvalue weighted by Gasteiger charge is -1.89. The first kappa shape index (κ1) is 7.96. The van der Waals surface area contributed by atoms with Crippen molar-refractivity contribution in [1.82, 2.24) is 0 Å². The topological polar surface area (TPSA) is 30.7 Å². The van der Waals surface area contributed by atoms with Crippen LogP contribution in [-0.2, 0) is 9.53 Å². The Hall–Kier alpha value is -1.04. The Morgan fingerprint density at radius 3 is 2.89 bits per heavy atom. The largest absolute Gasteiger partial charge is 0.460 e. The van der Waals surface area contributed by atoms with Crippen molar-refractivity contribution in [3.63, 3.8) is 0 Å². The number of esters is 1. The third kappa shape index (κ3) is 4.82. The van der Waals surface area contributed by atoms with Gasteiger partial charge in [-0.05, 0) is 6.92 Å². The SMILES string of the molecule is CC#[N+]CC(=O)OCC. The molecule has 0 heterocycles. The summed E-state index contributed by atoms with van der Waals surface area (Å²) in [6.07, 6.45) is 0. The number of nitrogens with zero attached hydrogens (tertiary/aromatic N) is 1. The first-order valence-electron chi connectivity index (χ1n) is 2.80. The second kappa shape index (κ2) is 5.10. The van der Waals surface area contributed by atoms with Crippen LogP contribution in [-0.4, -0.2) is 19.1 Å². The third-order valence-corrected chi connectivity index (χ3v) is 0.672. The number of carbonyl (C=O) groups is 1. The second-order valence-electron chi connectivity index (χ2n) is 1.34.